The van der Waals surface area contributed by atoms with Gasteiger partial charge in [-0.15, -0.1) is 0 Å². The highest BCUT2D eigenvalue weighted by molar-refractivity contribution is 6.02. The molecule has 0 amide bonds. The van der Waals surface area contributed by atoms with Crippen molar-refractivity contribution >= 4 is 17.9 Å². The molecule has 0 spiro atoms. The predicted molar refractivity (Wildman–Crippen MR) is 41.8 cm³/mol. The molecule has 6 N–H and O–H groups in total. The van der Waals surface area contributed by atoms with Crippen LogP contribution in [0.4, 0.5) is 0 Å². The normalized spacial score (nSPS) is 14.2. The molecule has 0 rings (SSSR count). The van der Waals surface area contributed by atoms with Crippen LogP contribution in [0.1, 0.15) is 0 Å². The number of carbonyl (C=O) groups excluding carboxylic acids is 2. The van der Waals surface area contributed by atoms with E-state index in [0.717, 1.165) is 0 Å². The Kier molecular flexibility index (Phi) is 4.70. The van der Waals surface area contributed by atoms with Crippen molar-refractivity contribution in [3.63, 3.8) is 0 Å². The van der Waals surface area contributed by atoms with Crippen molar-refractivity contribution in [1.82, 2.24) is 0 Å². The molecule has 0 aromatic rings. The lowest BCUT2D eigenvalue weighted by Crippen LogP contribution is -2.44. The summed E-state index contributed by atoms with van der Waals surface area (Å²) in [7, 11) is 0. The van der Waals surface area contributed by atoms with Crippen LogP contribution >= 0.6 is 0 Å². The van der Waals surface area contributed by atoms with Crippen molar-refractivity contribution in [2.24, 2.45) is 11.5 Å². The SMILES string of the molecule is NC(CO)C(=O)OC(=O)C(N)C(=O)O. The smallest absolute Gasteiger partial charge is 0.342 e. The van der Waals surface area contributed by atoms with Crippen molar-refractivity contribution in [1.29, 1.82) is 0 Å². The average molecular weight is 206 g/mol. The Hall–Kier alpha value is -1.51. The number of carboxylic acids is 1. The number of carboxylic acid groups (broad SMARTS) is 1. The summed E-state index contributed by atoms with van der Waals surface area (Å²) in [5.41, 5.74) is 9.80. The Balaban J connectivity index is 4.19. The summed E-state index contributed by atoms with van der Waals surface area (Å²) in [6, 6.07) is -3.33. The van der Waals surface area contributed by atoms with Gasteiger partial charge in [0.25, 0.3) is 0 Å². The zero-order chi connectivity index (χ0) is 11.3. The minimum Gasteiger partial charge on any atom is -0.480 e. The number of esters is 2. The molecule has 0 fully saturated rings. The first kappa shape index (κ1) is 12.5. The summed E-state index contributed by atoms with van der Waals surface area (Å²) < 4.78 is 3.96. The van der Waals surface area contributed by atoms with Crippen LogP contribution in [0.15, 0.2) is 0 Å². The molecule has 0 aliphatic carbocycles. The molecule has 2 atom stereocenters. The van der Waals surface area contributed by atoms with Crippen molar-refractivity contribution in [2.75, 3.05) is 6.61 Å². The Labute approximate surface area is 78.4 Å². The van der Waals surface area contributed by atoms with E-state index >= 15 is 0 Å². The monoisotopic (exact) mass is 206 g/mol. The van der Waals surface area contributed by atoms with E-state index in [1.807, 2.05) is 0 Å². The largest absolute Gasteiger partial charge is 0.480 e. The van der Waals surface area contributed by atoms with Crippen LogP contribution in [0, 0.1) is 0 Å². The number of aliphatic hydroxyl groups excluding tert-OH is 1. The minimum absolute atomic E-state index is 0.714. The minimum atomic E-state index is -1.94. The van der Waals surface area contributed by atoms with Crippen molar-refractivity contribution in [3.8, 4) is 0 Å². The molecule has 0 bridgehead atoms. The van der Waals surface area contributed by atoms with Gasteiger partial charge in [-0.05, 0) is 0 Å². The Morgan fingerprint density at radius 2 is 1.71 bits per heavy atom. The molecular formula is C6H10N2O6. The van der Waals surface area contributed by atoms with Crippen LogP contribution < -0.4 is 11.5 Å². The molecule has 0 saturated heterocycles. The van der Waals surface area contributed by atoms with Gasteiger partial charge in [-0.25, -0.2) is 14.4 Å². The second-order valence-corrected chi connectivity index (χ2v) is 2.35. The highest BCUT2D eigenvalue weighted by Gasteiger charge is 2.27. The molecule has 8 nitrogen and oxygen atoms in total. The Bertz CT molecular complexity index is 253. The van der Waals surface area contributed by atoms with Crippen LogP contribution in [0.25, 0.3) is 0 Å². The number of aliphatic carboxylic acids is 1. The average Bonchev–Trinajstić information content (AvgIpc) is 2.14. The van der Waals surface area contributed by atoms with Gasteiger partial charge in [0.1, 0.15) is 6.04 Å². The third-order valence-electron chi connectivity index (χ3n) is 1.22. The second kappa shape index (κ2) is 5.27. The molecule has 0 heterocycles. The van der Waals surface area contributed by atoms with Crippen LogP contribution in [0.2, 0.25) is 0 Å². The summed E-state index contributed by atoms with van der Waals surface area (Å²) in [6.07, 6.45) is 0. The van der Waals surface area contributed by atoms with Gasteiger partial charge in [0.2, 0.25) is 6.04 Å². The number of nitrogens with two attached hydrogens (primary N) is 2. The van der Waals surface area contributed by atoms with Gasteiger partial charge in [0.05, 0.1) is 6.61 Å². The first-order valence-electron chi connectivity index (χ1n) is 3.50. The maximum Gasteiger partial charge on any atom is 0.342 e. The summed E-state index contributed by atoms with van der Waals surface area (Å²) in [6.45, 7) is -0.714. The van der Waals surface area contributed by atoms with E-state index < -0.39 is 36.6 Å². The van der Waals surface area contributed by atoms with E-state index in [1.54, 1.807) is 0 Å². The lowest BCUT2D eigenvalue weighted by Gasteiger charge is -2.08. The molecule has 0 saturated carbocycles. The van der Waals surface area contributed by atoms with Crippen molar-refractivity contribution in [2.45, 2.75) is 12.1 Å². The maximum absolute atomic E-state index is 10.7. The third kappa shape index (κ3) is 3.47. The number of aliphatic hydroxyl groups is 1. The standard InChI is InChI=1S/C6H10N2O6/c7-2(1-9)5(12)14-6(13)3(8)4(10)11/h2-3,9H,1,7-8H2,(H,10,11). The number of rotatable bonds is 4. The Morgan fingerprint density at radius 3 is 2.07 bits per heavy atom. The molecule has 0 aliphatic rings. The van der Waals surface area contributed by atoms with E-state index in [-0.39, 0.29) is 0 Å². The number of ether oxygens (including phenoxy) is 1. The van der Waals surface area contributed by atoms with Gasteiger partial charge in [0.15, 0.2) is 0 Å². The summed E-state index contributed by atoms with van der Waals surface area (Å²) in [5.74, 6) is -4.28. The van der Waals surface area contributed by atoms with E-state index in [2.05, 4.69) is 4.74 Å². The zero-order valence-corrected chi connectivity index (χ0v) is 7.04. The molecule has 0 aromatic carbocycles. The quantitative estimate of drug-likeness (QED) is 0.277. The van der Waals surface area contributed by atoms with Crippen LogP contribution in [0.3, 0.4) is 0 Å². The molecule has 2 unspecified atom stereocenters. The molecule has 0 aromatic heterocycles. The van der Waals surface area contributed by atoms with Gasteiger partial charge in [-0.3, -0.25) is 0 Å². The summed E-state index contributed by atoms with van der Waals surface area (Å²) >= 11 is 0. The fourth-order valence-corrected chi connectivity index (χ4v) is 0.414. The maximum atomic E-state index is 10.7. The van der Waals surface area contributed by atoms with E-state index in [0.29, 0.717) is 0 Å². The van der Waals surface area contributed by atoms with E-state index in [9.17, 15) is 14.4 Å². The van der Waals surface area contributed by atoms with Crippen LogP contribution in [0.5, 0.6) is 0 Å². The molecule has 0 radical (unpaired) electrons. The summed E-state index contributed by atoms with van der Waals surface area (Å²) in [4.78, 5) is 31.6. The number of hydrogen-bond acceptors (Lipinski definition) is 7. The van der Waals surface area contributed by atoms with E-state index in [1.165, 1.54) is 0 Å². The fraction of sp³-hybridized carbons (Fsp3) is 0.500. The lowest BCUT2D eigenvalue weighted by molar-refractivity contribution is -0.164. The lowest BCUT2D eigenvalue weighted by atomic mass is 10.3. The van der Waals surface area contributed by atoms with Gasteiger partial charge < -0.3 is 26.4 Å². The zero-order valence-electron chi connectivity index (χ0n) is 7.04. The Morgan fingerprint density at radius 1 is 1.21 bits per heavy atom. The molecule has 14 heavy (non-hydrogen) atoms. The van der Waals surface area contributed by atoms with Crippen molar-refractivity contribution in [3.05, 3.63) is 0 Å². The molecule has 8 heteroatoms. The second-order valence-electron chi connectivity index (χ2n) is 2.35. The first-order valence-corrected chi connectivity index (χ1v) is 3.50. The fourth-order valence-electron chi connectivity index (χ4n) is 0.414. The van der Waals surface area contributed by atoms with Gasteiger partial charge >= 0.3 is 17.9 Å². The van der Waals surface area contributed by atoms with Gasteiger partial charge in [-0.2, -0.15) is 0 Å². The first-order chi connectivity index (χ1) is 6.40. The highest BCUT2D eigenvalue weighted by Crippen LogP contribution is 1.90. The third-order valence-corrected chi connectivity index (χ3v) is 1.22. The van der Waals surface area contributed by atoms with Gasteiger partial charge in [0, 0.05) is 0 Å². The summed E-state index contributed by atoms with van der Waals surface area (Å²) in [5, 5.41) is 16.6. The number of hydrogen-bond donors (Lipinski definition) is 4. The topological polar surface area (TPSA) is 153 Å². The molecule has 0 aliphatic heterocycles. The molecule has 80 valence electrons. The molecular weight excluding hydrogens is 196 g/mol. The van der Waals surface area contributed by atoms with Crippen LogP contribution in [-0.4, -0.2) is 46.8 Å². The highest BCUT2D eigenvalue weighted by atomic mass is 16.6. The predicted octanol–water partition coefficient (Wildman–Crippen LogP) is -3.21. The van der Waals surface area contributed by atoms with Gasteiger partial charge in [-0.1, -0.05) is 0 Å². The van der Waals surface area contributed by atoms with Crippen LogP contribution in [-0.2, 0) is 19.1 Å². The number of carbonyl (C=O) groups is 3. The van der Waals surface area contributed by atoms with E-state index in [4.69, 9.17) is 21.7 Å². The van der Waals surface area contributed by atoms with Crippen molar-refractivity contribution < 1.29 is 29.3 Å².